The summed E-state index contributed by atoms with van der Waals surface area (Å²) in [5, 5.41) is 17.9. The number of hydrogen-bond acceptors (Lipinski definition) is 8. The van der Waals surface area contributed by atoms with Crippen LogP contribution in [0.1, 0.15) is 49.3 Å². The first-order valence-electron chi connectivity index (χ1n) is 12.8. The molecule has 3 unspecified atom stereocenters. The van der Waals surface area contributed by atoms with Crippen molar-refractivity contribution < 1.29 is 23.1 Å². The van der Waals surface area contributed by atoms with Crippen molar-refractivity contribution in [3.05, 3.63) is 65.2 Å². The van der Waals surface area contributed by atoms with E-state index in [2.05, 4.69) is 15.6 Å². The van der Waals surface area contributed by atoms with Crippen molar-refractivity contribution in [1.82, 2.24) is 15.6 Å². The molecule has 2 aromatic carbocycles. The zero-order valence-corrected chi connectivity index (χ0v) is 22.6. The summed E-state index contributed by atoms with van der Waals surface area (Å²) >= 11 is 1.40. The number of sulfone groups is 1. The fraction of sp³-hybridized carbons (Fsp3) is 0.481. The number of ether oxygens (including phenoxy) is 1. The number of benzene rings is 2. The first kappa shape index (κ1) is 27.7. The van der Waals surface area contributed by atoms with E-state index in [0.29, 0.717) is 43.0 Å². The molecule has 37 heavy (non-hydrogen) atoms. The van der Waals surface area contributed by atoms with Gasteiger partial charge in [-0.15, -0.1) is 11.3 Å². The molecule has 1 aliphatic rings. The molecule has 1 amide bonds. The Kier molecular flexibility index (Phi) is 9.66. The molecule has 1 aliphatic heterocycles. The Morgan fingerprint density at radius 3 is 2.54 bits per heavy atom. The van der Waals surface area contributed by atoms with Crippen molar-refractivity contribution in [1.29, 1.82) is 0 Å². The fourth-order valence-corrected chi connectivity index (χ4v) is 7.17. The lowest BCUT2D eigenvalue weighted by atomic mass is 10.0. The zero-order valence-electron chi connectivity index (χ0n) is 21.0. The van der Waals surface area contributed by atoms with Crippen molar-refractivity contribution in [3.8, 4) is 0 Å². The van der Waals surface area contributed by atoms with E-state index in [9.17, 15) is 18.3 Å². The summed E-state index contributed by atoms with van der Waals surface area (Å²) in [7, 11) is -3.59. The molecule has 8 nitrogen and oxygen atoms in total. The summed E-state index contributed by atoms with van der Waals surface area (Å²) in [4.78, 5) is 18.1. The van der Waals surface area contributed by atoms with E-state index in [0.717, 1.165) is 16.6 Å². The van der Waals surface area contributed by atoms with Crippen molar-refractivity contribution in [2.75, 3.05) is 19.0 Å². The van der Waals surface area contributed by atoms with Crippen LogP contribution in [0.3, 0.4) is 0 Å². The second-order valence-electron chi connectivity index (χ2n) is 9.51. The zero-order chi connectivity index (χ0) is 26.3. The predicted octanol–water partition coefficient (Wildman–Crippen LogP) is 3.37. The summed E-state index contributed by atoms with van der Waals surface area (Å²) < 4.78 is 32.6. The van der Waals surface area contributed by atoms with Crippen LogP contribution in [-0.2, 0) is 25.1 Å². The maximum Gasteiger partial charge on any atom is 0.238 e. The molecular weight excluding hydrogens is 510 g/mol. The summed E-state index contributed by atoms with van der Waals surface area (Å²) in [5.74, 6) is -0.900. The van der Waals surface area contributed by atoms with Crippen molar-refractivity contribution in [2.45, 2.75) is 62.6 Å². The number of rotatable bonds is 12. The molecule has 1 saturated heterocycles. The Morgan fingerprint density at radius 2 is 1.84 bits per heavy atom. The Labute approximate surface area is 222 Å². The van der Waals surface area contributed by atoms with Gasteiger partial charge in [0.15, 0.2) is 9.84 Å². The molecule has 0 saturated carbocycles. The standard InChI is InChI=1S/C27H35N3O5S2/c1-2-8-22(25(31)27-30-21-11-6-7-12-24(21)36-27)29-26(32)23(28-20-13-15-35-16-14-20)18-37(33,34)17-19-9-4-3-5-10-19/h3-7,9-12,20,22-23,25,28,31H,2,8,13-18H2,1H3,(H,29,32). The summed E-state index contributed by atoms with van der Waals surface area (Å²) in [6, 6.07) is 15.1. The van der Waals surface area contributed by atoms with Crippen LogP contribution >= 0.6 is 11.3 Å². The average molecular weight is 546 g/mol. The van der Waals surface area contributed by atoms with Gasteiger partial charge in [0.2, 0.25) is 5.91 Å². The third-order valence-electron chi connectivity index (χ3n) is 6.50. The molecule has 10 heteroatoms. The minimum atomic E-state index is -3.59. The average Bonchev–Trinajstić information content (AvgIpc) is 3.33. The second kappa shape index (κ2) is 12.9. The van der Waals surface area contributed by atoms with E-state index in [-0.39, 0.29) is 17.5 Å². The summed E-state index contributed by atoms with van der Waals surface area (Å²) in [5.41, 5.74) is 1.48. The Balaban J connectivity index is 1.51. The third kappa shape index (κ3) is 7.81. The topological polar surface area (TPSA) is 118 Å². The molecule has 200 valence electrons. The van der Waals surface area contributed by atoms with Crippen LogP contribution in [0.25, 0.3) is 10.2 Å². The van der Waals surface area contributed by atoms with Gasteiger partial charge < -0.3 is 20.5 Å². The first-order valence-corrected chi connectivity index (χ1v) is 15.4. The Hall–Kier alpha value is -2.37. The van der Waals surface area contributed by atoms with E-state index >= 15 is 0 Å². The number of amides is 1. The lowest BCUT2D eigenvalue weighted by Gasteiger charge is -2.30. The van der Waals surface area contributed by atoms with Crippen LogP contribution in [-0.4, -0.2) is 61.5 Å². The number of carbonyl (C=O) groups excluding carboxylic acids is 1. The highest BCUT2D eigenvalue weighted by atomic mass is 32.2. The number of aliphatic hydroxyl groups excluding tert-OH is 1. The van der Waals surface area contributed by atoms with Crippen molar-refractivity contribution in [2.24, 2.45) is 0 Å². The maximum atomic E-state index is 13.5. The molecule has 3 aromatic rings. The predicted molar refractivity (Wildman–Crippen MR) is 146 cm³/mol. The Bertz CT molecular complexity index is 1230. The van der Waals surface area contributed by atoms with E-state index in [1.165, 1.54) is 11.3 Å². The molecule has 3 atom stereocenters. The number of carbonyl (C=O) groups is 1. The molecule has 0 spiro atoms. The van der Waals surface area contributed by atoms with Crippen LogP contribution in [0, 0.1) is 0 Å². The molecule has 2 heterocycles. The van der Waals surface area contributed by atoms with Crippen molar-refractivity contribution >= 4 is 37.3 Å². The van der Waals surface area contributed by atoms with Gasteiger partial charge in [0.1, 0.15) is 17.2 Å². The highest BCUT2D eigenvalue weighted by Crippen LogP contribution is 2.29. The van der Waals surface area contributed by atoms with Gasteiger partial charge in [-0.1, -0.05) is 55.8 Å². The van der Waals surface area contributed by atoms with Crippen LogP contribution in [0.2, 0.25) is 0 Å². The Morgan fingerprint density at radius 1 is 1.14 bits per heavy atom. The molecule has 4 rings (SSSR count). The van der Waals surface area contributed by atoms with Gasteiger partial charge in [-0.05, 0) is 37.0 Å². The summed E-state index contributed by atoms with van der Waals surface area (Å²) in [6.07, 6.45) is 1.68. The molecule has 1 fully saturated rings. The van der Waals surface area contributed by atoms with Crippen LogP contribution in [0.15, 0.2) is 54.6 Å². The third-order valence-corrected chi connectivity index (χ3v) is 9.22. The van der Waals surface area contributed by atoms with Crippen LogP contribution < -0.4 is 10.6 Å². The van der Waals surface area contributed by atoms with Gasteiger partial charge >= 0.3 is 0 Å². The number of fused-ring (bicyclic) bond motifs is 1. The first-order chi connectivity index (χ1) is 17.8. The minimum absolute atomic E-state index is 0.0183. The van der Waals surface area contributed by atoms with E-state index in [1.807, 2.05) is 37.3 Å². The second-order valence-corrected chi connectivity index (χ2v) is 12.7. The smallest absolute Gasteiger partial charge is 0.238 e. The molecule has 0 radical (unpaired) electrons. The number of para-hydroxylation sites is 1. The SMILES string of the molecule is CCCC(NC(=O)C(CS(=O)(=O)Cc1ccccc1)NC1CCOCC1)C(O)c1nc2ccccc2s1. The van der Waals surface area contributed by atoms with Gasteiger partial charge in [0.05, 0.1) is 27.8 Å². The number of aliphatic hydroxyl groups is 1. The highest BCUT2D eigenvalue weighted by molar-refractivity contribution is 7.90. The quantitative estimate of drug-likeness (QED) is 0.319. The van der Waals surface area contributed by atoms with Gasteiger partial charge in [0, 0.05) is 19.3 Å². The van der Waals surface area contributed by atoms with E-state index in [1.54, 1.807) is 24.3 Å². The number of nitrogens with one attached hydrogen (secondary N) is 2. The molecule has 0 bridgehead atoms. The molecule has 0 aliphatic carbocycles. The monoisotopic (exact) mass is 545 g/mol. The number of aromatic nitrogens is 1. The van der Waals surface area contributed by atoms with Crippen LogP contribution in [0.5, 0.6) is 0 Å². The van der Waals surface area contributed by atoms with E-state index < -0.39 is 33.9 Å². The normalized spacial score (nSPS) is 17.4. The number of nitrogens with zero attached hydrogens (tertiary/aromatic N) is 1. The number of thiazole rings is 1. The highest BCUT2D eigenvalue weighted by Gasteiger charge is 2.32. The minimum Gasteiger partial charge on any atom is -0.384 e. The molecule has 1 aromatic heterocycles. The van der Waals surface area contributed by atoms with Gasteiger partial charge in [0.25, 0.3) is 0 Å². The van der Waals surface area contributed by atoms with Gasteiger partial charge in [-0.3, -0.25) is 4.79 Å². The number of hydrogen-bond donors (Lipinski definition) is 3. The van der Waals surface area contributed by atoms with Crippen LogP contribution in [0.4, 0.5) is 0 Å². The molecular formula is C27H35N3O5S2. The fourth-order valence-electron chi connectivity index (χ4n) is 4.58. The lowest BCUT2D eigenvalue weighted by Crippen LogP contribution is -2.55. The molecule has 3 N–H and O–H groups in total. The summed E-state index contributed by atoms with van der Waals surface area (Å²) in [6.45, 7) is 3.11. The van der Waals surface area contributed by atoms with Gasteiger partial charge in [-0.2, -0.15) is 0 Å². The van der Waals surface area contributed by atoms with E-state index in [4.69, 9.17) is 4.74 Å². The maximum absolute atomic E-state index is 13.5. The van der Waals surface area contributed by atoms with Crippen molar-refractivity contribution in [3.63, 3.8) is 0 Å². The lowest BCUT2D eigenvalue weighted by molar-refractivity contribution is -0.124. The van der Waals surface area contributed by atoms with Gasteiger partial charge in [-0.25, -0.2) is 13.4 Å². The largest absolute Gasteiger partial charge is 0.384 e.